The van der Waals surface area contributed by atoms with Gasteiger partial charge in [0.05, 0.1) is 19.1 Å². The van der Waals surface area contributed by atoms with Crippen LogP contribution in [0, 0.1) is 0 Å². The van der Waals surface area contributed by atoms with E-state index in [0.717, 1.165) is 13.0 Å². The normalized spacial score (nSPS) is 26.9. The minimum Gasteiger partial charge on any atom is -0.480 e. The Kier molecular flexibility index (Phi) is 5.80. The van der Waals surface area contributed by atoms with Crippen LogP contribution in [-0.4, -0.2) is 66.6 Å². The van der Waals surface area contributed by atoms with E-state index in [0.29, 0.717) is 25.8 Å². The Balaban J connectivity index is 1.96. The molecule has 2 aliphatic rings. The first-order chi connectivity index (χ1) is 11.0. The standard InChI is InChI=1S/C14H21N3O6/c18-10(19)7-15-8-11(20)23-13(22)14(4-2-6-17-14)12(21)9-3-1-5-16-9/h9,15-17H,1-8H2,(H,18,19)/t9?,14-/m1/s1. The van der Waals surface area contributed by atoms with Crippen LogP contribution >= 0.6 is 0 Å². The summed E-state index contributed by atoms with van der Waals surface area (Å²) in [6, 6.07) is -0.409. The molecule has 0 bridgehead atoms. The summed E-state index contributed by atoms with van der Waals surface area (Å²) in [4.78, 5) is 47.0. The van der Waals surface area contributed by atoms with Crippen LogP contribution in [0.5, 0.6) is 0 Å². The predicted molar refractivity (Wildman–Crippen MR) is 77.6 cm³/mol. The van der Waals surface area contributed by atoms with Crippen molar-refractivity contribution in [1.29, 1.82) is 0 Å². The van der Waals surface area contributed by atoms with Crippen LogP contribution in [0.2, 0.25) is 0 Å². The van der Waals surface area contributed by atoms with Crippen LogP contribution in [0.3, 0.4) is 0 Å². The van der Waals surface area contributed by atoms with E-state index in [1.54, 1.807) is 0 Å². The molecule has 9 heteroatoms. The van der Waals surface area contributed by atoms with Gasteiger partial charge in [0.25, 0.3) is 0 Å². The van der Waals surface area contributed by atoms with E-state index < -0.39 is 42.6 Å². The number of rotatable bonds is 7. The molecule has 23 heavy (non-hydrogen) atoms. The fraction of sp³-hybridized carbons (Fsp3) is 0.714. The maximum absolute atomic E-state index is 12.7. The quantitative estimate of drug-likeness (QED) is 0.315. The minimum absolute atomic E-state index is 0.288. The van der Waals surface area contributed by atoms with Gasteiger partial charge in [-0.3, -0.25) is 25.0 Å². The van der Waals surface area contributed by atoms with Gasteiger partial charge in [-0.25, -0.2) is 4.79 Å². The number of carbonyl (C=O) groups is 4. The monoisotopic (exact) mass is 327 g/mol. The van der Waals surface area contributed by atoms with Crippen LogP contribution in [0.15, 0.2) is 0 Å². The van der Waals surface area contributed by atoms with Gasteiger partial charge in [-0.05, 0) is 38.8 Å². The van der Waals surface area contributed by atoms with Crippen molar-refractivity contribution < 1.29 is 29.0 Å². The smallest absolute Gasteiger partial charge is 0.341 e. The molecular weight excluding hydrogens is 306 g/mol. The van der Waals surface area contributed by atoms with Gasteiger partial charge >= 0.3 is 17.9 Å². The average molecular weight is 327 g/mol. The number of aliphatic carboxylic acids is 1. The molecule has 2 heterocycles. The highest BCUT2D eigenvalue weighted by molar-refractivity contribution is 6.13. The molecule has 2 rings (SSSR count). The highest BCUT2D eigenvalue weighted by Gasteiger charge is 2.52. The molecule has 0 aromatic rings. The van der Waals surface area contributed by atoms with Gasteiger partial charge in [-0.15, -0.1) is 0 Å². The third-order valence-corrected chi connectivity index (χ3v) is 4.05. The van der Waals surface area contributed by atoms with Crippen molar-refractivity contribution in [2.75, 3.05) is 26.2 Å². The number of Topliss-reactive ketones (excluding diaryl/α,β-unsaturated/α-hetero) is 1. The maximum atomic E-state index is 12.7. The van der Waals surface area contributed by atoms with Gasteiger partial charge in [0.1, 0.15) is 0 Å². The molecule has 0 spiro atoms. The molecule has 0 radical (unpaired) electrons. The van der Waals surface area contributed by atoms with E-state index >= 15 is 0 Å². The molecule has 0 saturated carbocycles. The summed E-state index contributed by atoms with van der Waals surface area (Å²) in [6.45, 7) is 0.389. The number of ether oxygens (including phenoxy) is 1. The number of hydrogen-bond acceptors (Lipinski definition) is 8. The molecule has 2 aliphatic heterocycles. The number of carbonyl (C=O) groups excluding carboxylic acids is 3. The lowest BCUT2D eigenvalue weighted by molar-refractivity contribution is -0.165. The third-order valence-electron chi connectivity index (χ3n) is 4.05. The summed E-state index contributed by atoms with van der Waals surface area (Å²) in [6.07, 6.45) is 2.45. The zero-order chi connectivity index (χ0) is 16.9. The van der Waals surface area contributed by atoms with Crippen molar-refractivity contribution in [2.24, 2.45) is 0 Å². The molecule has 0 aromatic carbocycles. The van der Waals surface area contributed by atoms with Crippen LogP contribution in [-0.2, 0) is 23.9 Å². The first-order valence-corrected chi connectivity index (χ1v) is 7.66. The van der Waals surface area contributed by atoms with E-state index in [9.17, 15) is 19.2 Å². The second-order valence-corrected chi connectivity index (χ2v) is 5.71. The number of ketones is 1. The zero-order valence-electron chi connectivity index (χ0n) is 12.7. The number of carboxylic acids is 1. The molecule has 2 atom stereocenters. The number of hydrogen-bond donors (Lipinski definition) is 4. The SMILES string of the molecule is O=C(O)CNCC(=O)OC(=O)[C@]1(C(=O)C2CCCN2)CCCN1. The second-order valence-electron chi connectivity index (χ2n) is 5.71. The van der Waals surface area contributed by atoms with Gasteiger partial charge in [0.2, 0.25) is 0 Å². The van der Waals surface area contributed by atoms with Crippen molar-refractivity contribution in [3.8, 4) is 0 Å². The second kappa shape index (κ2) is 7.62. The molecule has 0 amide bonds. The lowest BCUT2D eigenvalue weighted by Crippen LogP contribution is -2.60. The molecule has 4 N–H and O–H groups in total. The summed E-state index contributed by atoms with van der Waals surface area (Å²) in [5.41, 5.74) is -1.48. The number of nitrogens with one attached hydrogen (secondary N) is 3. The fourth-order valence-electron chi connectivity index (χ4n) is 2.93. The lowest BCUT2D eigenvalue weighted by atomic mass is 9.87. The van der Waals surface area contributed by atoms with Gasteiger partial charge in [0.15, 0.2) is 11.3 Å². The minimum atomic E-state index is -1.48. The number of esters is 2. The van der Waals surface area contributed by atoms with Crippen molar-refractivity contribution in [3.63, 3.8) is 0 Å². The summed E-state index contributed by atoms with van der Waals surface area (Å²) < 4.78 is 4.76. The van der Waals surface area contributed by atoms with Gasteiger partial charge < -0.3 is 15.2 Å². The highest BCUT2D eigenvalue weighted by Crippen LogP contribution is 2.26. The topological polar surface area (TPSA) is 134 Å². The summed E-state index contributed by atoms with van der Waals surface area (Å²) in [5.74, 6) is -3.23. The van der Waals surface area contributed by atoms with Gasteiger partial charge in [-0.1, -0.05) is 0 Å². The first kappa shape index (κ1) is 17.5. The zero-order valence-corrected chi connectivity index (χ0v) is 12.7. The summed E-state index contributed by atoms with van der Waals surface area (Å²) in [7, 11) is 0. The van der Waals surface area contributed by atoms with Crippen LogP contribution in [0.4, 0.5) is 0 Å². The van der Waals surface area contributed by atoms with Crippen LogP contribution < -0.4 is 16.0 Å². The Labute approximate surface area is 133 Å². The first-order valence-electron chi connectivity index (χ1n) is 7.66. The van der Waals surface area contributed by atoms with E-state index in [-0.39, 0.29) is 5.78 Å². The largest absolute Gasteiger partial charge is 0.480 e. The molecule has 0 aliphatic carbocycles. The van der Waals surface area contributed by atoms with E-state index in [2.05, 4.69) is 16.0 Å². The predicted octanol–water partition coefficient (Wildman–Crippen LogP) is -1.83. The fourth-order valence-corrected chi connectivity index (χ4v) is 2.93. The number of carboxylic acid groups (broad SMARTS) is 1. The molecular formula is C14H21N3O6. The average Bonchev–Trinajstić information content (AvgIpc) is 3.18. The Morgan fingerprint density at radius 2 is 1.96 bits per heavy atom. The molecule has 2 saturated heterocycles. The Morgan fingerprint density at radius 1 is 1.17 bits per heavy atom. The van der Waals surface area contributed by atoms with Gasteiger partial charge in [0, 0.05) is 0 Å². The van der Waals surface area contributed by atoms with E-state index in [1.165, 1.54) is 0 Å². The summed E-state index contributed by atoms with van der Waals surface area (Å²) >= 11 is 0. The Morgan fingerprint density at radius 3 is 2.52 bits per heavy atom. The highest BCUT2D eigenvalue weighted by atomic mass is 16.6. The molecule has 9 nitrogen and oxygen atoms in total. The van der Waals surface area contributed by atoms with Crippen molar-refractivity contribution in [2.45, 2.75) is 37.3 Å². The van der Waals surface area contributed by atoms with Crippen LogP contribution in [0.1, 0.15) is 25.7 Å². The van der Waals surface area contributed by atoms with Crippen molar-refractivity contribution in [3.05, 3.63) is 0 Å². The summed E-state index contributed by atoms with van der Waals surface area (Å²) in [5, 5.41) is 16.8. The molecule has 0 aromatic heterocycles. The Hall–Kier alpha value is -1.84. The van der Waals surface area contributed by atoms with E-state index in [4.69, 9.17) is 9.84 Å². The van der Waals surface area contributed by atoms with Crippen molar-refractivity contribution >= 4 is 23.7 Å². The van der Waals surface area contributed by atoms with Crippen LogP contribution in [0.25, 0.3) is 0 Å². The molecule has 1 unspecified atom stereocenters. The van der Waals surface area contributed by atoms with E-state index in [1.807, 2.05) is 0 Å². The van der Waals surface area contributed by atoms with Gasteiger partial charge in [-0.2, -0.15) is 0 Å². The Bertz CT molecular complexity index is 495. The molecule has 2 fully saturated rings. The molecule has 128 valence electrons. The third kappa shape index (κ3) is 4.12. The maximum Gasteiger partial charge on any atom is 0.341 e. The lowest BCUT2D eigenvalue weighted by Gasteiger charge is -2.27. The van der Waals surface area contributed by atoms with Crippen molar-refractivity contribution in [1.82, 2.24) is 16.0 Å².